The van der Waals surface area contributed by atoms with Crippen molar-refractivity contribution in [1.82, 2.24) is 0 Å². The molecule has 104 valence electrons. The first kappa shape index (κ1) is 14.0. The molecule has 19 heavy (non-hydrogen) atoms. The minimum atomic E-state index is -0.428. The van der Waals surface area contributed by atoms with E-state index < -0.39 is 6.29 Å². The highest BCUT2D eigenvalue weighted by atomic mass is 16.7. The quantitative estimate of drug-likeness (QED) is 0.767. The fraction of sp³-hybridized carbons (Fsp3) is 0.533. The number of ether oxygens (including phenoxy) is 3. The number of carbonyl (C=O) groups is 1. The second-order valence-corrected chi connectivity index (χ2v) is 5.34. The molecule has 0 bridgehead atoms. The van der Waals surface area contributed by atoms with E-state index in [-0.39, 0.29) is 11.4 Å². The summed E-state index contributed by atoms with van der Waals surface area (Å²) in [6, 6.07) is 10.1. The molecule has 1 heterocycles. The van der Waals surface area contributed by atoms with Crippen molar-refractivity contribution in [2.24, 2.45) is 5.41 Å². The van der Waals surface area contributed by atoms with Crippen LogP contribution in [0, 0.1) is 5.41 Å². The molecule has 1 aliphatic heterocycles. The zero-order valence-corrected chi connectivity index (χ0v) is 11.4. The second-order valence-electron chi connectivity index (χ2n) is 5.34. The van der Waals surface area contributed by atoms with Crippen LogP contribution in [0.25, 0.3) is 0 Å². The first-order chi connectivity index (χ1) is 9.07. The molecule has 1 unspecified atom stereocenters. The summed E-state index contributed by atoms with van der Waals surface area (Å²) in [5.41, 5.74) is 1.07. The fourth-order valence-corrected chi connectivity index (χ4v) is 2.17. The molecule has 1 aromatic carbocycles. The van der Waals surface area contributed by atoms with E-state index >= 15 is 0 Å². The van der Waals surface area contributed by atoms with Gasteiger partial charge in [0.2, 0.25) is 6.29 Å². The van der Waals surface area contributed by atoms with Crippen molar-refractivity contribution in [1.29, 1.82) is 0 Å². The van der Waals surface area contributed by atoms with Crippen molar-refractivity contribution in [3.8, 4) is 0 Å². The average Bonchev–Trinajstić information content (AvgIpc) is 2.71. The number of esters is 1. The summed E-state index contributed by atoms with van der Waals surface area (Å²) in [7, 11) is 0. The number of carbonyl (C=O) groups excluding carboxylic acids is 1. The lowest BCUT2D eigenvalue weighted by molar-refractivity contribution is -0.166. The standard InChI is InChI=1S/C15H20O4/c1-12(16)19-14-8-15(2,11-18-14)10-17-9-13-6-4-3-5-7-13/h3-7,14H,8-11H2,1-2H3/t14?,15-/m0/s1. The number of benzene rings is 1. The van der Waals surface area contributed by atoms with Crippen LogP contribution in [0.5, 0.6) is 0 Å². The molecule has 0 spiro atoms. The molecule has 1 saturated heterocycles. The molecule has 0 aliphatic carbocycles. The first-order valence-corrected chi connectivity index (χ1v) is 6.48. The molecular weight excluding hydrogens is 244 g/mol. The van der Waals surface area contributed by atoms with Gasteiger partial charge in [-0.15, -0.1) is 0 Å². The largest absolute Gasteiger partial charge is 0.436 e. The SMILES string of the molecule is CC(=O)OC1C[C@@](C)(COCc2ccccc2)CO1. The lowest BCUT2D eigenvalue weighted by Gasteiger charge is -2.21. The number of rotatable bonds is 5. The molecule has 2 atom stereocenters. The highest BCUT2D eigenvalue weighted by Gasteiger charge is 2.38. The second kappa shape index (κ2) is 6.17. The maximum Gasteiger partial charge on any atom is 0.304 e. The van der Waals surface area contributed by atoms with Crippen molar-refractivity contribution in [3.63, 3.8) is 0 Å². The summed E-state index contributed by atoms with van der Waals surface area (Å²) in [5, 5.41) is 0. The Balaban J connectivity index is 1.75. The van der Waals surface area contributed by atoms with E-state index in [1.807, 2.05) is 30.3 Å². The van der Waals surface area contributed by atoms with Gasteiger partial charge in [0.1, 0.15) is 0 Å². The van der Waals surface area contributed by atoms with Crippen molar-refractivity contribution in [2.75, 3.05) is 13.2 Å². The maximum absolute atomic E-state index is 10.9. The molecular formula is C15H20O4. The third kappa shape index (κ3) is 4.33. The molecule has 4 nitrogen and oxygen atoms in total. The van der Waals surface area contributed by atoms with Crippen LogP contribution in [0.1, 0.15) is 25.8 Å². The number of hydrogen-bond donors (Lipinski definition) is 0. The van der Waals surface area contributed by atoms with Crippen LogP contribution >= 0.6 is 0 Å². The molecule has 0 amide bonds. The van der Waals surface area contributed by atoms with E-state index in [4.69, 9.17) is 14.2 Å². The van der Waals surface area contributed by atoms with Gasteiger partial charge in [-0.1, -0.05) is 37.3 Å². The van der Waals surface area contributed by atoms with Crippen LogP contribution in [0.15, 0.2) is 30.3 Å². The number of hydrogen-bond acceptors (Lipinski definition) is 4. The van der Waals surface area contributed by atoms with Gasteiger partial charge in [-0.05, 0) is 5.56 Å². The Morgan fingerprint density at radius 3 is 2.84 bits per heavy atom. The predicted octanol–water partition coefficient (Wildman–Crippen LogP) is 2.52. The van der Waals surface area contributed by atoms with E-state index in [0.29, 0.717) is 26.2 Å². The van der Waals surface area contributed by atoms with Crippen LogP contribution in [0.4, 0.5) is 0 Å². The summed E-state index contributed by atoms with van der Waals surface area (Å²) in [6.45, 7) is 5.22. The van der Waals surface area contributed by atoms with Gasteiger partial charge in [0, 0.05) is 18.8 Å². The minimum absolute atomic E-state index is 0.0884. The summed E-state index contributed by atoms with van der Waals surface area (Å²) in [4.78, 5) is 10.9. The average molecular weight is 264 g/mol. The topological polar surface area (TPSA) is 44.8 Å². The summed E-state index contributed by atoms with van der Waals surface area (Å²) in [5.74, 6) is -0.306. The van der Waals surface area contributed by atoms with Crippen molar-refractivity contribution < 1.29 is 19.0 Å². The van der Waals surface area contributed by atoms with Gasteiger partial charge in [0.25, 0.3) is 0 Å². The van der Waals surface area contributed by atoms with Gasteiger partial charge >= 0.3 is 5.97 Å². The zero-order chi connectivity index (χ0) is 13.7. The molecule has 0 saturated carbocycles. The Morgan fingerprint density at radius 2 is 2.16 bits per heavy atom. The molecule has 1 aromatic rings. The first-order valence-electron chi connectivity index (χ1n) is 6.48. The normalized spacial score (nSPS) is 26.3. The van der Waals surface area contributed by atoms with E-state index in [1.165, 1.54) is 6.92 Å². The van der Waals surface area contributed by atoms with Crippen molar-refractivity contribution in [2.45, 2.75) is 33.2 Å². The van der Waals surface area contributed by atoms with Gasteiger partial charge < -0.3 is 14.2 Å². The molecule has 1 aliphatic rings. The van der Waals surface area contributed by atoms with E-state index in [1.54, 1.807) is 0 Å². The van der Waals surface area contributed by atoms with Gasteiger partial charge in [0.05, 0.1) is 19.8 Å². The summed E-state index contributed by atoms with van der Waals surface area (Å²) in [6.07, 6.45) is 0.254. The smallest absolute Gasteiger partial charge is 0.304 e. The van der Waals surface area contributed by atoms with Crippen molar-refractivity contribution >= 4 is 5.97 Å². The van der Waals surface area contributed by atoms with Crippen LogP contribution in [0.2, 0.25) is 0 Å². The van der Waals surface area contributed by atoms with Gasteiger partial charge in [-0.25, -0.2) is 0 Å². The molecule has 0 N–H and O–H groups in total. The Morgan fingerprint density at radius 1 is 1.42 bits per heavy atom. The summed E-state index contributed by atoms with van der Waals surface area (Å²) >= 11 is 0. The highest BCUT2D eigenvalue weighted by molar-refractivity contribution is 5.66. The van der Waals surface area contributed by atoms with Gasteiger partial charge in [-0.3, -0.25) is 4.79 Å². The predicted molar refractivity (Wildman–Crippen MR) is 70.3 cm³/mol. The molecule has 1 fully saturated rings. The van der Waals surface area contributed by atoms with Gasteiger partial charge in [0.15, 0.2) is 0 Å². The van der Waals surface area contributed by atoms with Crippen molar-refractivity contribution in [3.05, 3.63) is 35.9 Å². The van der Waals surface area contributed by atoms with E-state index in [0.717, 1.165) is 5.56 Å². The highest BCUT2D eigenvalue weighted by Crippen LogP contribution is 2.33. The Labute approximate surface area is 113 Å². The van der Waals surface area contributed by atoms with Crippen LogP contribution in [-0.4, -0.2) is 25.5 Å². The van der Waals surface area contributed by atoms with E-state index in [2.05, 4.69) is 6.92 Å². The molecule has 0 radical (unpaired) electrons. The third-order valence-corrected chi connectivity index (χ3v) is 3.14. The van der Waals surface area contributed by atoms with Crippen LogP contribution in [-0.2, 0) is 25.6 Å². The lowest BCUT2D eigenvalue weighted by Crippen LogP contribution is -2.24. The molecule has 4 heteroatoms. The molecule has 0 aromatic heterocycles. The third-order valence-electron chi connectivity index (χ3n) is 3.14. The monoisotopic (exact) mass is 264 g/mol. The lowest BCUT2D eigenvalue weighted by atomic mass is 9.91. The zero-order valence-electron chi connectivity index (χ0n) is 11.4. The fourth-order valence-electron chi connectivity index (χ4n) is 2.17. The Kier molecular flexibility index (Phi) is 4.56. The Bertz CT molecular complexity index is 417. The van der Waals surface area contributed by atoms with Gasteiger partial charge in [-0.2, -0.15) is 0 Å². The molecule has 2 rings (SSSR count). The minimum Gasteiger partial charge on any atom is -0.436 e. The Hall–Kier alpha value is -1.39. The van der Waals surface area contributed by atoms with Crippen LogP contribution < -0.4 is 0 Å². The van der Waals surface area contributed by atoms with E-state index in [9.17, 15) is 4.79 Å². The van der Waals surface area contributed by atoms with Crippen LogP contribution in [0.3, 0.4) is 0 Å². The summed E-state index contributed by atoms with van der Waals surface area (Å²) < 4.78 is 16.3. The maximum atomic E-state index is 10.9.